The van der Waals surface area contributed by atoms with Gasteiger partial charge in [0.25, 0.3) is 0 Å². The first-order valence-corrected chi connectivity index (χ1v) is 8.64. The second-order valence-electron chi connectivity index (χ2n) is 7.38. The molecular weight excluding hydrogens is 310 g/mol. The fourth-order valence-corrected chi connectivity index (χ4v) is 2.67. The SMILES string of the molecule is CC(C)(C)c1nc(CN(Cc2ccccc2)Cc2ccccc2)no1. The molecule has 0 saturated carbocycles. The van der Waals surface area contributed by atoms with Gasteiger partial charge in [-0.1, -0.05) is 86.6 Å². The van der Waals surface area contributed by atoms with Gasteiger partial charge in [0, 0.05) is 18.5 Å². The van der Waals surface area contributed by atoms with Crippen molar-refractivity contribution in [3.8, 4) is 0 Å². The third kappa shape index (κ3) is 5.00. The Morgan fingerprint density at radius 2 is 1.32 bits per heavy atom. The van der Waals surface area contributed by atoms with Crippen LogP contribution < -0.4 is 0 Å². The third-order valence-electron chi connectivity index (χ3n) is 3.97. The quantitative estimate of drug-likeness (QED) is 0.662. The zero-order valence-electron chi connectivity index (χ0n) is 15.1. The van der Waals surface area contributed by atoms with Crippen LogP contribution in [0.1, 0.15) is 43.6 Å². The van der Waals surface area contributed by atoms with Crippen molar-refractivity contribution in [3.05, 3.63) is 83.5 Å². The summed E-state index contributed by atoms with van der Waals surface area (Å²) in [7, 11) is 0. The largest absolute Gasteiger partial charge is 0.339 e. The molecule has 0 spiro atoms. The summed E-state index contributed by atoms with van der Waals surface area (Å²) in [6, 6.07) is 21.0. The van der Waals surface area contributed by atoms with Crippen LogP contribution in [0.2, 0.25) is 0 Å². The van der Waals surface area contributed by atoms with Crippen molar-refractivity contribution in [2.75, 3.05) is 0 Å². The van der Waals surface area contributed by atoms with Crippen LogP contribution in [0, 0.1) is 0 Å². The molecular formula is C21H25N3O. The van der Waals surface area contributed by atoms with E-state index in [-0.39, 0.29) is 5.41 Å². The second-order valence-corrected chi connectivity index (χ2v) is 7.38. The van der Waals surface area contributed by atoms with Gasteiger partial charge in [-0.3, -0.25) is 4.90 Å². The zero-order valence-corrected chi connectivity index (χ0v) is 15.1. The molecule has 25 heavy (non-hydrogen) atoms. The highest BCUT2D eigenvalue weighted by atomic mass is 16.5. The highest BCUT2D eigenvalue weighted by molar-refractivity contribution is 5.17. The molecule has 2 aromatic carbocycles. The predicted molar refractivity (Wildman–Crippen MR) is 98.8 cm³/mol. The summed E-state index contributed by atoms with van der Waals surface area (Å²) in [5.41, 5.74) is 2.42. The first-order valence-electron chi connectivity index (χ1n) is 8.64. The lowest BCUT2D eigenvalue weighted by molar-refractivity contribution is 0.236. The van der Waals surface area contributed by atoms with Crippen molar-refractivity contribution in [1.82, 2.24) is 15.0 Å². The van der Waals surface area contributed by atoms with Gasteiger partial charge in [-0.15, -0.1) is 0 Å². The van der Waals surface area contributed by atoms with Gasteiger partial charge >= 0.3 is 0 Å². The number of hydrogen-bond acceptors (Lipinski definition) is 4. The first-order chi connectivity index (χ1) is 12.0. The summed E-state index contributed by atoms with van der Waals surface area (Å²) in [5, 5.41) is 4.18. The Bertz CT molecular complexity index is 734. The molecule has 3 aromatic rings. The first kappa shape index (κ1) is 17.4. The molecule has 0 fully saturated rings. The van der Waals surface area contributed by atoms with Gasteiger partial charge in [0.2, 0.25) is 5.89 Å². The molecule has 0 aliphatic heterocycles. The molecule has 0 radical (unpaired) electrons. The topological polar surface area (TPSA) is 42.2 Å². The maximum atomic E-state index is 5.44. The lowest BCUT2D eigenvalue weighted by atomic mass is 9.97. The minimum absolute atomic E-state index is 0.130. The van der Waals surface area contributed by atoms with Crippen LogP contribution in [-0.4, -0.2) is 15.0 Å². The number of rotatable bonds is 6. The van der Waals surface area contributed by atoms with Crippen LogP contribution >= 0.6 is 0 Å². The second kappa shape index (κ2) is 7.62. The van der Waals surface area contributed by atoms with Gasteiger partial charge in [0.1, 0.15) is 0 Å². The summed E-state index contributed by atoms with van der Waals surface area (Å²) in [4.78, 5) is 6.92. The van der Waals surface area contributed by atoms with Gasteiger partial charge in [-0.05, 0) is 11.1 Å². The van der Waals surface area contributed by atoms with E-state index in [1.165, 1.54) is 11.1 Å². The zero-order chi connectivity index (χ0) is 17.7. The summed E-state index contributed by atoms with van der Waals surface area (Å²) < 4.78 is 5.44. The molecule has 0 aliphatic carbocycles. The van der Waals surface area contributed by atoms with Crippen molar-refractivity contribution in [2.45, 2.75) is 45.8 Å². The van der Waals surface area contributed by atoms with Gasteiger partial charge in [0.05, 0.1) is 6.54 Å². The van der Waals surface area contributed by atoms with Crippen LogP contribution in [0.25, 0.3) is 0 Å². The van der Waals surface area contributed by atoms with E-state index in [9.17, 15) is 0 Å². The molecule has 0 aliphatic rings. The Kier molecular flexibility index (Phi) is 5.29. The monoisotopic (exact) mass is 335 g/mol. The van der Waals surface area contributed by atoms with Gasteiger partial charge in [-0.2, -0.15) is 4.98 Å². The Balaban J connectivity index is 1.77. The van der Waals surface area contributed by atoms with Gasteiger partial charge in [0.15, 0.2) is 5.82 Å². The van der Waals surface area contributed by atoms with Crippen molar-refractivity contribution >= 4 is 0 Å². The molecule has 0 unspecified atom stereocenters. The van der Waals surface area contributed by atoms with Crippen molar-refractivity contribution < 1.29 is 4.52 Å². The summed E-state index contributed by atoms with van der Waals surface area (Å²) in [5.74, 6) is 1.42. The maximum absolute atomic E-state index is 5.44. The number of hydrogen-bond donors (Lipinski definition) is 0. The Hall–Kier alpha value is -2.46. The molecule has 0 bridgehead atoms. The molecule has 4 heteroatoms. The minimum Gasteiger partial charge on any atom is -0.339 e. The van der Waals surface area contributed by atoms with E-state index in [0.717, 1.165) is 18.9 Å². The average Bonchev–Trinajstić information content (AvgIpc) is 3.05. The van der Waals surface area contributed by atoms with E-state index in [0.29, 0.717) is 12.4 Å². The molecule has 130 valence electrons. The predicted octanol–water partition coefficient (Wildman–Crippen LogP) is 4.57. The molecule has 3 rings (SSSR count). The van der Waals surface area contributed by atoms with E-state index in [1.807, 2.05) is 12.1 Å². The number of nitrogens with zero attached hydrogens (tertiary/aromatic N) is 3. The summed E-state index contributed by atoms with van der Waals surface area (Å²) in [6.45, 7) is 8.58. The lowest BCUT2D eigenvalue weighted by Crippen LogP contribution is -2.23. The average molecular weight is 335 g/mol. The molecule has 1 aromatic heterocycles. The van der Waals surface area contributed by atoms with Crippen LogP contribution in [0.3, 0.4) is 0 Å². The van der Waals surface area contributed by atoms with E-state index >= 15 is 0 Å². The highest BCUT2D eigenvalue weighted by Crippen LogP contribution is 2.20. The minimum atomic E-state index is -0.130. The normalized spacial score (nSPS) is 11.8. The standard InChI is InChI=1S/C21H25N3O/c1-21(2,3)20-22-19(23-25-20)16-24(14-17-10-6-4-7-11-17)15-18-12-8-5-9-13-18/h4-13H,14-16H2,1-3H3. The van der Waals surface area contributed by atoms with E-state index in [1.54, 1.807) is 0 Å². The van der Waals surface area contributed by atoms with Crippen molar-refractivity contribution in [3.63, 3.8) is 0 Å². The number of benzene rings is 2. The molecule has 0 atom stereocenters. The molecule has 0 amide bonds. The van der Waals surface area contributed by atoms with Gasteiger partial charge < -0.3 is 4.52 Å². The molecule has 1 heterocycles. The Morgan fingerprint density at radius 3 is 1.76 bits per heavy atom. The van der Waals surface area contributed by atoms with Crippen LogP contribution in [0.4, 0.5) is 0 Å². The fourth-order valence-electron chi connectivity index (χ4n) is 2.67. The lowest BCUT2D eigenvalue weighted by Gasteiger charge is -2.21. The molecule has 0 saturated heterocycles. The van der Waals surface area contributed by atoms with Crippen molar-refractivity contribution in [1.29, 1.82) is 0 Å². The van der Waals surface area contributed by atoms with E-state index in [2.05, 4.69) is 84.3 Å². The van der Waals surface area contributed by atoms with Gasteiger partial charge in [-0.25, -0.2) is 0 Å². The summed E-state index contributed by atoms with van der Waals surface area (Å²) >= 11 is 0. The van der Waals surface area contributed by atoms with Crippen LogP contribution in [0.15, 0.2) is 65.2 Å². The van der Waals surface area contributed by atoms with Crippen LogP contribution in [-0.2, 0) is 25.0 Å². The van der Waals surface area contributed by atoms with Crippen molar-refractivity contribution in [2.24, 2.45) is 0 Å². The third-order valence-corrected chi connectivity index (χ3v) is 3.97. The molecule has 4 nitrogen and oxygen atoms in total. The highest BCUT2D eigenvalue weighted by Gasteiger charge is 2.22. The van der Waals surface area contributed by atoms with E-state index in [4.69, 9.17) is 4.52 Å². The number of aromatic nitrogens is 2. The Labute approximate surface area is 149 Å². The fraction of sp³-hybridized carbons (Fsp3) is 0.333. The smallest absolute Gasteiger partial charge is 0.232 e. The maximum Gasteiger partial charge on any atom is 0.232 e. The van der Waals surface area contributed by atoms with Crippen LogP contribution in [0.5, 0.6) is 0 Å². The Morgan fingerprint density at radius 1 is 0.800 bits per heavy atom. The summed E-state index contributed by atoms with van der Waals surface area (Å²) in [6.07, 6.45) is 0. The van der Waals surface area contributed by atoms with E-state index < -0.39 is 0 Å². The molecule has 0 N–H and O–H groups in total.